The zero-order chi connectivity index (χ0) is 27.3. The van der Waals surface area contributed by atoms with Crippen molar-refractivity contribution in [3.63, 3.8) is 0 Å². The fourth-order valence-electron chi connectivity index (χ4n) is 4.63. The fourth-order valence-corrected chi connectivity index (χ4v) is 5.80. The van der Waals surface area contributed by atoms with Crippen molar-refractivity contribution in [2.24, 2.45) is 5.92 Å². The van der Waals surface area contributed by atoms with Crippen LogP contribution in [0.25, 0.3) is 0 Å². The number of aromatic carboxylic acids is 1. The van der Waals surface area contributed by atoms with Crippen LogP contribution < -0.4 is 9.62 Å². The molecule has 1 aliphatic heterocycles. The minimum atomic E-state index is -3.85. The van der Waals surface area contributed by atoms with E-state index in [0.717, 1.165) is 0 Å². The molecular weight excluding hydrogens is 510 g/mol. The van der Waals surface area contributed by atoms with Crippen molar-refractivity contribution in [2.75, 3.05) is 18.0 Å². The lowest BCUT2D eigenvalue weighted by Crippen LogP contribution is -2.43. The van der Waals surface area contributed by atoms with Crippen LogP contribution in [0.4, 0.5) is 5.82 Å². The lowest BCUT2D eigenvalue weighted by molar-refractivity contribution is -0.123. The molecular formula is C25H27N7O5S. The molecule has 0 saturated carbocycles. The Morgan fingerprint density at radius 3 is 2.50 bits per heavy atom. The van der Waals surface area contributed by atoms with Crippen LogP contribution in [-0.4, -0.2) is 58.2 Å². The SMILES string of the molecule is CCc1c(C#N)c(N2CCC(C(=O)NS(=O)(=O)Cc3ccccc3)CC2)nc(Cn2cncn2)c1C(=O)O. The number of anilines is 1. The van der Waals surface area contributed by atoms with E-state index in [9.17, 15) is 28.4 Å². The summed E-state index contributed by atoms with van der Waals surface area (Å²) < 4.78 is 28.6. The molecule has 3 aromatic rings. The van der Waals surface area contributed by atoms with Crippen molar-refractivity contribution in [1.82, 2.24) is 24.5 Å². The summed E-state index contributed by atoms with van der Waals surface area (Å²) in [4.78, 5) is 35.2. The molecule has 0 radical (unpaired) electrons. The summed E-state index contributed by atoms with van der Waals surface area (Å²) in [6, 6.07) is 10.7. The minimum Gasteiger partial charge on any atom is -0.478 e. The van der Waals surface area contributed by atoms with Gasteiger partial charge in [0.25, 0.3) is 0 Å². The van der Waals surface area contributed by atoms with Gasteiger partial charge in [-0.1, -0.05) is 37.3 Å². The molecule has 13 heteroatoms. The highest BCUT2D eigenvalue weighted by atomic mass is 32.2. The highest BCUT2D eigenvalue weighted by molar-refractivity contribution is 7.89. The molecule has 0 spiro atoms. The first-order chi connectivity index (χ1) is 18.2. The molecule has 2 N–H and O–H groups in total. The highest BCUT2D eigenvalue weighted by Gasteiger charge is 2.31. The number of carbonyl (C=O) groups is 2. The minimum absolute atomic E-state index is 0.0267. The van der Waals surface area contributed by atoms with Crippen LogP contribution in [0, 0.1) is 17.2 Å². The van der Waals surface area contributed by atoms with Gasteiger partial charge < -0.3 is 10.0 Å². The topological polar surface area (TPSA) is 171 Å². The quantitative estimate of drug-likeness (QED) is 0.409. The van der Waals surface area contributed by atoms with Crippen molar-refractivity contribution in [2.45, 2.75) is 38.5 Å². The van der Waals surface area contributed by atoms with Crippen LogP contribution in [0.5, 0.6) is 0 Å². The standard InChI is InChI=1S/C25H27N7O5S/c1-2-19-20(12-26)23(29-21(22(19)25(34)35)13-32-16-27-15-28-32)31-10-8-18(9-11-31)24(33)30-38(36,37)14-17-6-4-3-5-7-17/h3-7,15-16,18H,2,8-11,13-14H2,1H3,(H,30,33)(H,34,35). The largest absolute Gasteiger partial charge is 0.478 e. The predicted molar refractivity (Wildman–Crippen MR) is 137 cm³/mol. The van der Waals surface area contributed by atoms with E-state index >= 15 is 0 Å². The van der Waals surface area contributed by atoms with Crippen molar-refractivity contribution in [1.29, 1.82) is 5.26 Å². The van der Waals surface area contributed by atoms with E-state index < -0.39 is 27.8 Å². The third-order valence-corrected chi connectivity index (χ3v) is 7.66. The lowest BCUT2D eigenvalue weighted by atomic mass is 9.94. The van der Waals surface area contributed by atoms with E-state index in [1.54, 1.807) is 37.3 Å². The van der Waals surface area contributed by atoms with Gasteiger partial charge in [-0.15, -0.1) is 0 Å². The maximum absolute atomic E-state index is 12.8. The molecule has 1 fully saturated rings. The number of nitriles is 1. The molecule has 38 heavy (non-hydrogen) atoms. The van der Waals surface area contributed by atoms with Crippen molar-refractivity contribution < 1.29 is 23.1 Å². The second-order valence-electron chi connectivity index (χ2n) is 8.95. The van der Waals surface area contributed by atoms with E-state index in [1.807, 2.05) is 4.90 Å². The summed E-state index contributed by atoms with van der Waals surface area (Å²) in [5, 5.41) is 23.9. The number of piperidine rings is 1. The molecule has 1 amide bonds. The number of hydrogen-bond acceptors (Lipinski definition) is 9. The Kier molecular flexibility index (Phi) is 8.02. The van der Waals surface area contributed by atoms with Gasteiger partial charge in [-0.2, -0.15) is 10.4 Å². The van der Waals surface area contributed by atoms with Gasteiger partial charge in [0, 0.05) is 19.0 Å². The second-order valence-corrected chi connectivity index (χ2v) is 10.7. The number of nitrogens with one attached hydrogen (secondary N) is 1. The Morgan fingerprint density at radius 2 is 1.92 bits per heavy atom. The molecule has 1 aromatic carbocycles. The number of aromatic nitrogens is 4. The van der Waals surface area contributed by atoms with Crippen LogP contribution in [0.1, 0.15) is 52.5 Å². The van der Waals surface area contributed by atoms with Gasteiger partial charge in [-0.05, 0) is 30.4 Å². The maximum Gasteiger partial charge on any atom is 0.337 e. The zero-order valence-electron chi connectivity index (χ0n) is 20.7. The van der Waals surface area contributed by atoms with Crippen LogP contribution >= 0.6 is 0 Å². The lowest BCUT2D eigenvalue weighted by Gasteiger charge is -2.33. The van der Waals surface area contributed by atoms with Gasteiger partial charge in [0.05, 0.1) is 29.1 Å². The first kappa shape index (κ1) is 26.7. The van der Waals surface area contributed by atoms with Gasteiger partial charge >= 0.3 is 5.97 Å². The van der Waals surface area contributed by atoms with E-state index in [-0.39, 0.29) is 29.1 Å². The Morgan fingerprint density at radius 1 is 1.21 bits per heavy atom. The van der Waals surface area contributed by atoms with E-state index in [0.29, 0.717) is 49.3 Å². The van der Waals surface area contributed by atoms with Gasteiger partial charge in [0.1, 0.15) is 24.5 Å². The fraction of sp³-hybridized carbons (Fsp3) is 0.360. The molecule has 2 aromatic heterocycles. The summed E-state index contributed by atoms with van der Waals surface area (Å²) in [5.41, 5.74) is 1.37. The molecule has 0 aliphatic carbocycles. The average Bonchev–Trinajstić information content (AvgIpc) is 3.41. The van der Waals surface area contributed by atoms with Crippen molar-refractivity contribution >= 4 is 27.7 Å². The van der Waals surface area contributed by atoms with Crippen molar-refractivity contribution in [3.05, 3.63) is 70.9 Å². The number of carboxylic acid groups (broad SMARTS) is 1. The molecule has 12 nitrogen and oxygen atoms in total. The number of carboxylic acids is 1. The molecule has 4 rings (SSSR count). The number of nitrogens with zero attached hydrogens (tertiary/aromatic N) is 6. The summed E-state index contributed by atoms with van der Waals surface area (Å²) in [6.07, 6.45) is 3.79. The van der Waals surface area contributed by atoms with Crippen LogP contribution in [0.2, 0.25) is 0 Å². The summed E-state index contributed by atoms with van der Waals surface area (Å²) in [5.74, 6) is -2.21. The van der Waals surface area contributed by atoms with Gasteiger partial charge in [-0.3, -0.25) is 9.52 Å². The smallest absolute Gasteiger partial charge is 0.337 e. The average molecular weight is 538 g/mol. The summed E-state index contributed by atoms with van der Waals surface area (Å²) >= 11 is 0. The highest BCUT2D eigenvalue weighted by Crippen LogP contribution is 2.31. The number of hydrogen-bond donors (Lipinski definition) is 2. The number of rotatable bonds is 9. The molecule has 198 valence electrons. The molecule has 0 atom stereocenters. The third kappa shape index (κ3) is 5.97. The van der Waals surface area contributed by atoms with Gasteiger partial charge in [0.2, 0.25) is 15.9 Å². The Balaban J connectivity index is 1.52. The third-order valence-electron chi connectivity index (χ3n) is 6.44. The normalized spacial score (nSPS) is 14.2. The molecule has 3 heterocycles. The van der Waals surface area contributed by atoms with Crippen molar-refractivity contribution in [3.8, 4) is 6.07 Å². The van der Waals surface area contributed by atoms with E-state index in [1.165, 1.54) is 17.3 Å². The van der Waals surface area contributed by atoms with E-state index in [4.69, 9.17) is 0 Å². The van der Waals surface area contributed by atoms with Crippen LogP contribution in [-0.2, 0) is 33.5 Å². The molecule has 0 bridgehead atoms. The Labute approximate surface area is 220 Å². The van der Waals surface area contributed by atoms with Gasteiger partial charge in [-0.25, -0.2) is 27.9 Å². The summed E-state index contributed by atoms with van der Waals surface area (Å²) in [7, 11) is -3.85. The molecule has 1 saturated heterocycles. The number of pyridine rings is 1. The zero-order valence-corrected chi connectivity index (χ0v) is 21.6. The number of carbonyl (C=O) groups excluding carboxylic acids is 1. The van der Waals surface area contributed by atoms with E-state index in [2.05, 4.69) is 25.9 Å². The Hall–Kier alpha value is -4.31. The predicted octanol–water partition coefficient (Wildman–Crippen LogP) is 1.72. The number of amides is 1. The Bertz CT molecular complexity index is 1460. The first-order valence-electron chi connectivity index (χ1n) is 12.1. The summed E-state index contributed by atoms with van der Waals surface area (Å²) in [6.45, 7) is 2.53. The maximum atomic E-state index is 12.8. The first-order valence-corrected chi connectivity index (χ1v) is 13.7. The second kappa shape index (κ2) is 11.4. The van der Waals surface area contributed by atoms with Crippen LogP contribution in [0.3, 0.4) is 0 Å². The number of benzene rings is 1. The molecule has 1 aliphatic rings. The number of sulfonamides is 1. The monoisotopic (exact) mass is 537 g/mol. The van der Waals surface area contributed by atoms with Gasteiger partial charge in [0.15, 0.2) is 0 Å². The molecule has 0 unspecified atom stereocenters. The van der Waals surface area contributed by atoms with Crippen LogP contribution in [0.15, 0.2) is 43.0 Å².